The minimum absolute atomic E-state index is 0.114. The quantitative estimate of drug-likeness (QED) is 0.779. The summed E-state index contributed by atoms with van der Waals surface area (Å²) in [5, 5.41) is 0. The molecule has 0 spiro atoms. The molecule has 0 N–H and O–H groups in total. The first-order chi connectivity index (χ1) is 13.2. The second kappa shape index (κ2) is 7.84. The van der Waals surface area contributed by atoms with Crippen LogP contribution in [0, 0.1) is 6.92 Å². The summed E-state index contributed by atoms with van der Waals surface area (Å²) in [6, 6.07) is 13.9. The van der Waals surface area contributed by atoms with Crippen molar-refractivity contribution in [3.05, 3.63) is 65.9 Å². The molecule has 0 atom stereocenters. The van der Waals surface area contributed by atoms with Crippen molar-refractivity contribution in [2.24, 2.45) is 0 Å². The highest BCUT2D eigenvalue weighted by Crippen LogP contribution is 2.30. The number of hydrogen-bond acceptors (Lipinski definition) is 5. The molecule has 5 nitrogen and oxygen atoms in total. The van der Waals surface area contributed by atoms with Gasteiger partial charge in [0.2, 0.25) is 0 Å². The van der Waals surface area contributed by atoms with Gasteiger partial charge in [0.25, 0.3) is 0 Å². The molecule has 2 aliphatic rings. The molecule has 27 heavy (non-hydrogen) atoms. The molecule has 0 saturated carbocycles. The Morgan fingerprint density at radius 1 is 1.04 bits per heavy atom. The molecule has 1 saturated heterocycles. The fourth-order valence-electron chi connectivity index (χ4n) is 3.55. The lowest BCUT2D eigenvalue weighted by molar-refractivity contribution is 0.0926. The van der Waals surface area contributed by atoms with Crippen molar-refractivity contribution in [3.63, 3.8) is 0 Å². The number of ether oxygens (including phenoxy) is 2. The van der Waals surface area contributed by atoms with Gasteiger partial charge in [0.15, 0.2) is 17.3 Å². The van der Waals surface area contributed by atoms with Crippen LogP contribution in [0.1, 0.15) is 15.9 Å². The third-order valence-corrected chi connectivity index (χ3v) is 5.09. The molecule has 0 bridgehead atoms. The first kappa shape index (κ1) is 17.6. The van der Waals surface area contributed by atoms with Crippen LogP contribution in [0.3, 0.4) is 0 Å². The molecule has 2 aromatic carbocycles. The Hall–Kier alpha value is -2.79. The highest BCUT2D eigenvalue weighted by Gasteiger charge is 2.21. The van der Waals surface area contributed by atoms with E-state index in [-0.39, 0.29) is 5.78 Å². The summed E-state index contributed by atoms with van der Waals surface area (Å²) >= 11 is 0. The van der Waals surface area contributed by atoms with Crippen LogP contribution in [-0.2, 0) is 0 Å². The van der Waals surface area contributed by atoms with Crippen molar-refractivity contribution in [1.29, 1.82) is 0 Å². The number of hydrogen-bond donors (Lipinski definition) is 0. The third kappa shape index (κ3) is 3.98. The summed E-state index contributed by atoms with van der Waals surface area (Å²) in [7, 11) is 0. The fraction of sp³-hybridized carbons (Fsp3) is 0.318. The highest BCUT2D eigenvalue weighted by atomic mass is 16.5. The van der Waals surface area contributed by atoms with E-state index in [0.717, 1.165) is 26.2 Å². The highest BCUT2D eigenvalue weighted by molar-refractivity contribution is 5.98. The topological polar surface area (TPSA) is 42.0 Å². The number of rotatable bonds is 4. The predicted octanol–water partition coefficient (Wildman–Crippen LogP) is 3.28. The van der Waals surface area contributed by atoms with Gasteiger partial charge in [0.1, 0.15) is 6.61 Å². The lowest BCUT2D eigenvalue weighted by Crippen LogP contribution is -2.48. The molecule has 2 heterocycles. The molecule has 2 aliphatic heterocycles. The Kier molecular flexibility index (Phi) is 5.12. The van der Waals surface area contributed by atoms with Gasteiger partial charge in [0, 0.05) is 37.4 Å². The van der Waals surface area contributed by atoms with E-state index in [4.69, 9.17) is 9.47 Å². The molecule has 5 heteroatoms. The Labute approximate surface area is 159 Å². The van der Waals surface area contributed by atoms with Crippen molar-refractivity contribution in [2.45, 2.75) is 6.92 Å². The van der Waals surface area contributed by atoms with Gasteiger partial charge in [0.05, 0.1) is 12.8 Å². The van der Waals surface area contributed by atoms with Crippen LogP contribution in [0.4, 0.5) is 5.69 Å². The minimum Gasteiger partial charge on any atom is -0.485 e. The zero-order valence-electron chi connectivity index (χ0n) is 15.6. The maximum Gasteiger partial charge on any atom is 0.176 e. The van der Waals surface area contributed by atoms with Crippen LogP contribution >= 0.6 is 0 Å². The zero-order valence-corrected chi connectivity index (χ0v) is 15.6. The number of para-hydroxylation sites is 1. The van der Waals surface area contributed by atoms with Crippen LogP contribution in [-0.4, -0.2) is 50.0 Å². The molecule has 140 valence electrons. The lowest BCUT2D eigenvalue weighted by atomic mass is 10.1. The Morgan fingerprint density at radius 3 is 2.67 bits per heavy atom. The molecule has 4 rings (SSSR count). The second-order valence-electron chi connectivity index (χ2n) is 6.94. The van der Waals surface area contributed by atoms with Gasteiger partial charge < -0.3 is 14.4 Å². The van der Waals surface area contributed by atoms with E-state index in [9.17, 15) is 4.79 Å². The Bertz CT molecular complexity index is 854. The van der Waals surface area contributed by atoms with Crippen LogP contribution < -0.4 is 14.4 Å². The first-order valence-corrected chi connectivity index (χ1v) is 9.35. The number of anilines is 1. The van der Waals surface area contributed by atoms with Crippen molar-refractivity contribution in [3.8, 4) is 11.5 Å². The molecule has 0 aromatic heterocycles. The van der Waals surface area contributed by atoms with Crippen LogP contribution in [0.25, 0.3) is 0 Å². The number of carbonyl (C=O) groups is 1. The van der Waals surface area contributed by atoms with Crippen molar-refractivity contribution < 1.29 is 14.3 Å². The van der Waals surface area contributed by atoms with E-state index < -0.39 is 0 Å². The SMILES string of the molecule is Cc1ccccc1N1CCN(CC(=O)c2ccc3c(c2)OCC=CO3)CC1. The fourth-order valence-corrected chi connectivity index (χ4v) is 3.55. The van der Waals surface area contributed by atoms with Crippen molar-refractivity contribution >= 4 is 11.5 Å². The van der Waals surface area contributed by atoms with Gasteiger partial charge in [-0.1, -0.05) is 18.2 Å². The maximum atomic E-state index is 12.7. The van der Waals surface area contributed by atoms with Crippen LogP contribution in [0.5, 0.6) is 11.5 Å². The molecule has 0 aliphatic carbocycles. The first-order valence-electron chi connectivity index (χ1n) is 9.35. The van der Waals surface area contributed by atoms with E-state index in [1.54, 1.807) is 24.5 Å². The van der Waals surface area contributed by atoms with Crippen LogP contribution in [0.15, 0.2) is 54.8 Å². The summed E-state index contributed by atoms with van der Waals surface area (Å²) in [6.07, 6.45) is 3.41. The summed E-state index contributed by atoms with van der Waals surface area (Å²) in [6.45, 7) is 6.66. The van der Waals surface area contributed by atoms with Gasteiger partial charge in [-0.15, -0.1) is 0 Å². The number of piperazine rings is 1. The average Bonchev–Trinajstić information content (AvgIpc) is 2.94. The van der Waals surface area contributed by atoms with Gasteiger partial charge >= 0.3 is 0 Å². The molecule has 0 amide bonds. The number of benzene rings is 2. The zero-order chi connectivity index (χ0) is 18.6. The van der Waals surface area contributed by atoms with E-state index in [1.165, 1.54) is 11.3 Å². The molecular formula is C22H24N2O3. The largest absolute Gasteiger partial charge is 0.485 e. The standard InChI is InChI=1S/C22H24N2O3/c1-17-5-2-3-6-19(17)24-11-9-23(10-12-24)16-20(25)18-7-8-21-22(15-18)27-14-4-13-26-21/h2-8,13,15H,9-12,14,16H2,1H3. The monoisotopic (exact) mass is 364 g/mol. The van der Waals surface area contributed by atoms with E-state index in [1.807, 2.05) is 6.07 Å². The lowest BCUT2D eigenvalue weighted by Gasteiger charge is -2.36. The van der Waals surface area contributed by atoms with E-state index >= 15 is 0 Å². The summed E-state index contributed by atoms with van der Waals surface area (Å²) < 4.78 is 11.1. The van der Waals surface area contributed by atoms with Crippen molar-refractivity contribution in [2.75, 3.05) is 44.2 Å². The van der Waals surface area contributed by atoms with E-state index in [0.29, 0.717) is 30.2 Å². The number of Topliss-reactive ketones (excluding diaryl/α,β-unsaturated/α-hetero) is 1. The summed E-state index contributed by atoms with van der Waals surface area (Å²) in [4.78, 5) is 17.3. The molecule has 2 aromatic rings. The molecule has 1 fully saturated rings. The number of ketones is 1. The molecular weight excluding hydrogens is 340 g/mol. The number of aryl methyl sites for hydroxylation is 1. The maximum absolute atomic E-state index is 12.7. The van der Waals surface area contributed by atoms with Gasteiger partial charge in [-0.05, 0) is 42.8 Å². The average molecular weight is 364 g/mol. The van der Waals surface area contributed by atoms with Gasteiger partial charge in [-0.3, -0.25) is 9.69 Å². The van der Waals surface area contributed by atoms with Gasteiger partial charge in [-0.2, -0.15) is 0 Å². The Balaban J connectivity index is 1.36. The molecule has 0 unspecified atom stereocenters. The minimum atomic E-state index is 0.114. The number of nitrogens with zero attached hydrogens (tertiary/aromatic N) is 2. The van der Waals surface area contributed by atoms with Crippen molar-refractivity contribution in [1.82, 2.24) is 4.90 Å². The smallest absolute Gasteiger partial charge is 0.176 e. The third-order valence-electron chi connectivity index (χ3n) is 5.09. The number of carbonyl (C=O) groups excluding carboxylic acids is 1. The summed E-state index contributed by atoms with van der Waals surface area (Å²) in [5.74, 6) is 1.38. The normalized spacial score (nSPS) is 16.9. The summed E-state index contributed by atoms with van der Waals surface area (Å²) in [5.41, 5.74) is 3.25. The molecule has 0 radical (unpaired) electrons. The second-order valence-corrected chi connectivity index (χ2v) is 6.94. The Morgan fingerprint density at radius 2 is 1.85 bits per heavy atom. The van der Waals surface area contributed by atoms with Gasteiger partial charge in [-0.25, -0.2) is 0 Å². The number of fused-ring (bicyclic) bond motifs is 1. The predicted molar refractivity (Wildman–Crippen MR) is 106 cm³/mol. The van der Waals surface area contributed by atoms with E-state index in [2.05, 4.69) is 41.0 Å². The van der Waals surface area contributed by atoms with Crippen LogP contribution in [0.2, 0.25) is 0 Å².